The third kappa shape index (κ3) is 4.81. The number of carbonyl (C=O) groups excluding carboxylic acids is 1. The third-order valence-corrected chi connectivity index (χ3v) is 4.88. The van der Waals surface area contributed by atoms with Crippen LogP contribution >= 0.6 is 11.3 Å². The van der Waals surface area contributed by atoms with E-state index in [0.29, 0.717) is 26.1 Å². The Hall–Kier alpha value is -1.40. The van der Waals surface area contributed by atoms with E-state index >= 15 is 0 Å². The maximum atomic E-state index is 12.2. The summed E-state index contributed by atoms with van der Waals surface area (Å²) >= 11 is 1.79. The van der Waals surface area contributed by atoms with Crippen LogP contribution in [-0.4, -0.2) is 47.7 Å². The Morgan fingerprint density at radius 3 is 2.86 bits per heavy atom. The molecule has 5 nitrogen and oxygen atoms in total. The fraction of sp³-hybridized carbons (Fsp3) is 0.625. The molecule has 122 valence electrons. The number of amides is 1. The second kappa shape index (κ2) is 7.74. The number of ether oxygens (including phenoxy) is 1. The molecule has 1 saturated heterocycles. The number of nitrogens with zero attached hydrogens (tertiary/aromatic N) is 1. The number of carboxylic acids is 1. The van der Waals surface area contributed by atoms with E-state index in [1.54, 1.807) is 16.2 Å². The van der Waals surface area contributed by atoms with Crippen LogP contribution in [0.15, 0.2) is 6.07 Å². The van der Waals surface area contributed by atoms with Gasteiger partial charge in [-0.25, -0.2) is 0 Å². The number of aryl methyl sites for hydroxylation is 3. The van der Waals surface area contributed by atoms with E-state index in [2.05, 4.69) is 19.9 Å². The Bertz CT molecular complexity index is 540. The predicted octanol–water partition coefficient (Wildman–Crippen LogP) is 2.39. The van der Waals surface area contributed by atoms with E-state index in [1.807, 2.05) is 0 Å². The minimum atomic E-state index is -0.886. The van der Waals surface area contributed by atoms with Gasteiger partial charge in [0.1, 0.15) is 0 Å². The molecular formula is C16H23NO4S. The van der Waals surface area contributed by atoms with Crippen LogP contribution in [0.1, 0.15) is 34.6 Å². The van der Waals surface area contributed by atoms with Crippen molar-refractivity contribution in [2.24, 2.45) is 0 Å². The Balaban J connectivity index is 1.77. The first kappa shape index (κ1) is 17.0. The van der Waals surface area contributed by atoms with Crippen molar-refractivity contribution in [3.8, 4) is 0 Å². The first-order valence-corrected chi connectivity index (χ1v) is 8.44. The fourth-order valence-corrected chi connectivity index (χ4v) is 3.76. The summed E-state index contributed by atoms with van der Waals surface area (Å²) in [5.74, 6) is -0.786. The summed E-state index contributed by atoms with van der Waals surface area (Å²) in [6, 6.07) is 2.20. The van der Waals surface area contributed by atoms with Crippen LogP contribution in [0.4, 0.5) is 0 Å². The van der Waals surface area contributed by atoms with Crippen LogP contribution in [0.3, 0.4) is 0 Å². The second-order valence-corrected chi connectivity index (χ2v) is 7.18. The number of carbonyl (C=O) groups is 2. The van der Waals surface area contributed by atoms with Crippen molar-refractivity contribution in [2.45, 2.75) is 45.6 Å². The summed E-state index contributed by atoms with van der Waals surface area (Å²) in [7, 11) is 0. The molecule has 6 heteroatoms. The van der Waals surface area contributed by atoms with Crippen molar-refractivity contribution >= 4 is 23.2 Å². The molecule has 0 spiro atoms. The molecule has 1 aromatic rings. The number of thiophene rings is 1. The van der Waals surface area contributed by atoms with E-state index in [9.17, 15) is 9.59 Å². The summed E-state index contributed by atoms with van der Waals surface area (Å²) in [6.45, 7) is 5.59. The van der Waals surface area contributed by atoms with Crippen LogP contribution in [0.5, 0.6) is 0 Å². The summed E-state index contributed by atoms with van der Waals surface area (Å²) < 4.78 is 5.39. The highest BCUT2D eigenvalue weighted by molar-refractivity contribution is 7.12. The van der Waals surface area contributed by atoms with Gasteiger partial charge in [0.25, 0.3) is 0 Å². The predicted molar refractivity (Wildman–Crippen MR) is 85.3 cm³/mol. The average molecular weight is 325 g/mol. The molecule has 0 saturated carbocycles. The third-order valence-electron chi connectivity index (χ3n) is 3.87. The molecule has 2 heterocycles. The molecule has 1 amide bonds. The highest BCUT2D eigenvalue weighted by Gasteiger charge is 2.25. The van der Waals surface area contributed by atoms with Gasteiger partial charge in [-0.1, -0.05) is 0 Å². The summed E-state index contributed by atoms with van der Waals surface area (Å²) in [6.07, 6.45) is 1.84. The van der Waals surface area contributed by atoms with Crippen molar-refractivity contribution < 1.29 is 19.4 Å². The van der Waals surface area contributed by atoms with E-state index in [1.165, 1.54) is 15.3 Å². The molecule has 1 fully saturated rings. The minimum absolute atomic E-state index is 0.0445. The van der Waals surface area contributed by atoms with Crippen molar-refractivity contribution in [3.63, 3.8) is 0 Å². The van der Waals surface area contributed by atoms with Gasteiger partial charge in [-0.05, 0) is 38.3 Å². The molecule has 0 unspecified atom stereocenters. The molecule has 2 rings (SSSR count). The Kier molecular flexibility index (Phi) is 5.97. The van der Waals surface area contributed by atoms with Crippen LogP contribution < -0.4 is 0 Å². The van der Waals surface area contributed by atoms with E-state index in [0.717, 1.165) is 12.8 Å². The number of morpholine rings is 1. The van der Waals surface area contributed by atoms with Gasteiger partial charge in [-0.15, -0.1) is 11.3 Å². The molecule has 1 atom stereocenters. The normalized spacial score (nSPS) is 18.5. The molecule has 1 aliphatic rings. The first-order chi connectivity index (χ1) is 10.5. The zero-order chi connectivity index (χ0) is 16.1. The molecule has 0 bridgehead atoms. The smallest absolute Gasteiger partial charge is 0.306 e. The van der Waals surface area contributed by atoms with Crippen LogP contribution in [-0.2, 0) is 20.7 Å². The number of hydrogen-bond donors (Lipinski definition) is 1. The number of rotatable bonds is 6. The zero-order valence-electron chi connectivity index (χ0n) is 13.1. The maximum absolute atomic E-state index is 12.2. The van der Waals surface area contributed by atoms with Crippen molar-refractivity contribution in [3.05, 3.63) is 21.4 Å². The molecule has 1 aliphatic heterocycles. The molecule has 22 heavy (non-hydrogen) atoms. The topological polar surface area (TPSA) is 66.8 Å². The van der Waals surface area contributed by atoms with Gasteiger partial charge < -0.3 is 14.7 Å². The lowest BCUT2D eigenvalue weighted by Crippen LogP contribution is -2.46. The SMILES string of the molecule is Cc1cc(CCCC(=O)N2CCO[C@@H](CC(=O)O)C2)c(C)s1. The molecule has 1 aromatic heterocycles. The summed E-state index contributed by atoms with van der Waals surface area (Å²) in [5.41, 5.74) is 1.33. The quantitative estimate of drug-likeness (QED) is 0.872. The molecule has 1 N–H and O–H groups in total. The van der Waals surface area contributed by atoms with Crippen LogP contribution in [0.25, 0.3) is 0 Å². The summed E-state index contributed by atoms with van der Waals surface area (Å²) in [5, 5.41) is 8.80. The minimum Gasteiger partial charge on any atom is -0.481 e. The van der Waals surface area contributed by atoms with Crippen molar-refractivity contribution in [2.75, 3.05) is 19.7 Å². The van der Waals surface area contributed by atoms with Gasteiger partial charge in [0.15, 0.2) is 0 Å². The maximum Gasteiger partial charge on any atom is 0.306 e. The van der Waals surface area contributed by atoms with Gasteiger partial charge >= 0.3 is 5.97 Å². The van der Waals surface area contributed by atoms with E-state index in [-0.39, 0.29) is 18.4 Å². The van der Waals surface area contributed by atoms with E-state index in [4.69, 9.17) is 9.84 Å². The monoisotopic (exact) mass is 325 g/mol. The molecule has 0 aliphatic carbocycles. The lowest BCUT2D eigenvalue weighted by Gasteiger charge is -2.32. The van der Waals surface area contributed by atoms with Gasteiger partial charge in [0.2, 0.25) is 5.91 Å². The first-order valence-electron chi connectivity index (χ1n) is 7.63. The highest BCUT2D eigenvalue weighted by atomic mass is 32.1. The van der Waals surface area contributed by atoms with Crippen molar-refractivity contribution in [1.29, 1.82) is 0 Å². The highest BCUT2D eigenvalue weighted by Crippen LogP contribution is 2.22. The lowest BCUT2D eigenvalue weighted by atomic mass is 10.1. The Morgan fingerprint density at radius 2 is 2.23 bits per heavy atom. The fourth-order valence-electron chi connectivity index (χ4n) is 2.78. The Labute approximate surface area is 134 Å². The Morgan fingerprint density at radius 1 is 1.45 bits per heavy atom. The van der Waals surface area contributed by atoms with Crippen LogP contribution in [0, 0.1) is 13.8 Å². The van der Waals surface area contributed by atoms with Gasteiger partial charge in [-0.2, -0.15) is 0 Å². The van der Waals surface area contributed by atoms with Gasteiger partial charge in [0.05, 0.1) is 19.1 Å². The second-order valence-electron chi connectivity index (χ2n) is 5.72. The van der Waals surface area contributed by atoms with Crippen molar-refractivity contribution in [1.82, 2.24) is 4.90 Å². The molecular weight excluding hydrogens is 302 g/mol. The van der Waals surface area contributed by atoms with E-state index < -0.39 is 5.97 Å². The van der Waals surface area contributed by atoms with Gasteiger partial charge in [-0.3, -0.25) is 9.59 Å². The zero-order valence-corrected chi connectivity index (χ0v) is 13.9. The number of hydrogen-bond acceptors (Lipinski definition) is 4. The largest absolute Gasteiger partial charge is 0.481 e. The van der Waals surface area contributed by atoms with Gasteiger partial charge in [0, 0.05) is 29.3 Å². The number of aliphatic carboxylic acids is 1. The number of carboxylic acid groups (broad SMARTS) is 1. The standard InChI is InChI=1S/C16H23NO4S/c1-11-8-13(12(2)22-11)4-3-5-15(18)17-6-7-21-14(10-17)9-16(19)20/h8,14H,3-7,9-10H2,1-2H3,(H,19,20)/t14-/m0/s1. The lowest BCUT2D eigenvalue weighted by molar-refractivity contribution is -0.147. The van der Waals surface area contributed by atoms with Crippen LogP contribution in [0.2, 0.25) is 0 Å². The summed E-state index contributed by atoms with van der Waals surface area (Å²) in [4.78, 5) is 27.3. The molecule has 0 radical (unpaired) electrons. The average Bonchev–Trinajstić information content (AvgIpc) is 2.76. The molecule has 0 aromatic carbocycles.